The number of thioether (sulfide) groups is 1. The Hall–Kier alpha value is -2.49. The van der Waals surface area contributed by atoms with Crippen molar-refractivity contribution >= 4 is 44.7 Å². The van der Waals surface area contributed by atoms with E-state index in [0.717, 1.165) is 39.6 Å². The highest BCUT2D eigenvalue weighted by atomic mass is 32.2. The molecule has 0 N–H and O–H groups in total. The van der Waals surface area contributed by atoms with Crippen LogP contribution in [0.3, 0.4) is 0 Å². The molecule has 5 heterocycles. The maximum atomic E-state index is 6.07. The molecule has 0 radical (unpaired) electrons. The third kappa shape index (κ3) is 2.84. The summed E-state index contributed by atoms with van der Waals surface area (Å²) in [6.07, 6.45) is 3.44. The number of benzene rings is 1. The van der Waals surface area contributed by atoms with Crippen molar-refractivity contribution in [2.75, 3.05) is 5.75 Å². The Bertz CT molecular complexity index is 1380. The van der Waals surface area contributed by atoms with Crippen molar-refractivity contribution in [2.24, 2.45) is 0 Å². The van der Waals surface area contributed by atoms with Crippen LogP contribution in [0.5, 0.6) is 0 Å². The second-order valence-corrected chi connectivity index (χ2v) is 10.3. The SMILES string of the molecule is CC1(C)Cc2c(sc3c2c2ncnn2c2nnc(SCCc4ccccc4)n32)CO1. The first-order valence-electron chi connectivity index (χ1n) is 9.92. The van der Waals surface area contributed by atoms with Crippen molar-refractivity contribution in [3.8, 4) is 0 Å². The van der Waals surface area contributed by atoms with Crippen LogP contribution in [0, 0.1) is 0 Å². The van der Waals surface area contributed by atoms with E-state index in [-0.39, 0.29) is 5.60 Å². The Morgan fingerprint density at radius 2 is 2.07 bits per heavy atom. The maximum absolute atomic E-state index is 6.07. The van der Waals surface area contributed by atoms with E-state index >= 15 is 0 Å². The van der Waals surface area contributed by atoms with Gasteiger partial charge in [-0.05, 0) is 31.4 Å². The fourth-order valence-electron chi connectivity index (χ4n) is 4.06. The average Bonchev–Trinajstić information content (AvgIpc) is 3.44. The number of aromatic nitrogens is 6. The summed E-state index contributed by atoms with van der Waals surface area (Å²) in [7, 11) is 0. The molecule has 1 aliphatic rings. The van der Waals surface area contributed by atoms with Gasteiger partial charge in [-0.25, -0.2) is 9.38 Å². The minimum Gasteiger partial charge on any atom is -0.370 e. The predicted octanol–water partition coefficient (Wildman–Crippen LogP) is 4.17. The number of aryl methyl sites for hydroxylation is 1. The summed E-state index contributed by atoms with van der Waals surface area (Å²) < 4.78 is 10.0. The lowest BCUT2D eigenvalue weighted by molar-refractivity contribution is -0.0379. The van der Waals surface area contributed by atoms with Crippen LogP contribution in [-0.2, 0) is 24.2 Å². The molecule has 0 spiro atoms. The van der Waals surface area contributed by atoms with E-state index in [2.05, 4.69) is 62.8 Å². The Balaban J connectivity index is 1.49. The Labute approximate surface area is 181 Å². The summed E-state index contributed by atoms with van der Waals surface area (Å²) in [6.45, 7) is 4.91. The van der Waals surface area contributed by atoms with Gasteiger partial charge in [0, 0.05) is 17.1 Å². The molecule has 0 amide bonds. The van der Waals surface area contributed by atoms with Gasteiger partial charge >= 0.3 is 0 Å². The number of hydrogen-bond donors (Lipinski definition) is 0. The lowest BCUT2D eigenvalue weighted by Crippen LogP contribution is -2.31. The molecule has 0 saturated carbocycles. The Morgan fingerprint density at radius 1 is 1.20 bits per heavy atom. The third-order valence-corrected chi connectivity index (χ3v) is 7.63. The largest absolute Gasteiger partial charge is 0.370 e. The van der Waals surface area contributed by atoms with Gasteiger partial charge in [-0.2, -0.15) is 9.61 Å². The summed E-state index contributed by atoms with van der Waals surface area (Å²) in [5.74, 6) is 1.64. The molecule has 1 aliphatic heterocycles. The van der Waals surface area contributed by atoms with Crippen LogP contribution in [0.2, 0.25) is 0 Å². The molecule has 5 aromatic rings. The van der Waals surface area contributed by atoms with Crippen molar-refractivity contribution < 1.29 is 4.74 Å². The van der Waals surface area contributed by atoms with Gasteiger partial charge in [0.15, 0.2) is 10.8 Å². The summed E-state index contributed by atoms with van der Waals surface area (Å²) in [4.78, 5) is 6.95. The molecule has 1 aromatic carbocycles. The molecular weight excluding hydrogens is 416 g/mol. The van der Waals surface area contributed by atoms with E-state index < -0.39 is 0 Å². The molecule has 152 valence electrons. The molecule has 0 bridgehead atoms. The van der Waals surface area contributed by atoms with Crippen LogP contribution in [0.25, 0.3) is 21.6 Å². The number of rotatable bonds is 4. The number of hydrogen-bond acceptors (Lipinski definition) is 7. The van der Waals surface area contributed by atoms with Crippen LogP contribution < -0.4 is 0 Å². The molecule has 9 heteroatoms. The molecule has 0 fully saturated rings. The highest BCUT2D eigenvalue weighted by Gasteiger charge is 2.32. The molecule has 0 saturated heterocycles. The molecular formula is C21H20N6OS2. The fourth-order valence-corrected chi connectivity index (χ4v) is 6.26. The summed E-state index contributed by atoms with van der Waals surface area (Å²) in [5, 5.41) is 15.5. The number of ether oxygens (including phenoxy) is 1. The smallest absolute Gasteiger partial charge is 0.260 e. The molecule has 0 aliphatic carbocycles. The number of nitrogens with zero attached hydrogens (tertiary/aromatic N) is 6. The first kappa shape index (κ1) is 18.3. The second-order valence-electron chi connectivity index (χ2n) is 8.11. The average molecular weight is 437 g/mol. The Morgan fingerprint density at radius 3 is 2.93 bits per heavy atom. The lowest BCUT2D eigenvalue weighted by atomic mass is 9.94. The minimum absolute atomic E-state index is 0.187. The van der Waals surface area contributed by atoms with Crippen LogP contribution in [-0.4, -0.2) is 40.6 Å². The van der Waals surface area contributed by atoms with Crippen LogP contribution in [0.4, 0.5) is 0 Å². The summed E-state index contributed by atoms with van der Waals surface area (Å²) in [5.41, 5.74) is 3.31. The zero-order chi connectivity index (χ0) is 20.3. The minimum atomic E-state index is -0.187. The van der Waals surface area contributed by atoms with Crippen LogP contribution in [0.1, 0.15) is 29.9 Å². The van der Waals surface area contributed by atoms with E-state index in [4.69, 9.17) is 4.74 Å². The molecule has 6 rings (SSSR count). The van der Waals surface area contributed by atoms with Gasteiger partial charge < -0.3 is 4.74 Å². The van der Waals surface area contributed by atoms with Crippen molar-refractivity contribution in [1.29, 1.82) is 0 Å². The van der Waals surface area contributed by atoms with Gasteiger partial charge in [0.2, 0.25) is 0 Å². The molecule has 30 heavy (non-hydrogen) atoms. The predicted molar refractivity (Wildman–Crippen MR) is 118 cm³/mol. The van der Waals surface area contributed by atoms with Gasteiger partial charge in [0.25, 0.3) is 5.78 Å². The van der Waals surface area contributed by atoms with E-state index in [0.29, 0.717) is 12.4 Å². The van der Waals surface area contributed by atoms with Crippen molar-refractivity contribution in [1.82, 2.24) is 29.2 Å². The van der Waals surface area contributed by atoms with Gasteiger partial charge in [-0.3, -0.25) is 0 Å². The quantitative estimate of drug-likeness (QED) is 0.394. The fraction of sp³-hybridized carbons (Fsp3) is 0.333. The first-order valence-corrected chi connectivity index (χ1v) is 11.7. The topological polar surface area (TPSA) is 69.6 Å². The Kier molecular flexibility index (Phi) is 4.12. The number of thiophene rings is 1. The van der Waals surface area contributed by atoms with E-state index in [1.54, 1.807) is 29.4 Å². The van der Waals surface area contributed by atoms with Gasteiger partial charge in [0.1, 0.15) is 11.2 Å². The van der Waals surface area contributed by atoms with Crippen molar-refractivity contribution in [3.63, 3.8) is 0 Å². The molecule has 4 aromatic heterocycles. The maximum Gasteiger partial charge on any atom is 0.260 e. The highest BCUT2D eigenvalue weighted by Crippen LogP contribution is 2.41. The van der Waals surface area contributed by atoms with Crippen molar-refractivity contribution in [3.05, 3.63) is 52.7 Å². The van der Waals surface area contributed by atoms with E-state index in [9.17, 15) is 0 Å². The zero-order valence-corrected chi connectivity index (χ0v) is 18.3. The molecule has 0 atom stereocenters. The van der Waals surface area contributed by atoms with Gasteiger partial charge in [-0.1, -0.05) is 42.1 Å². The highest BCUT2D eigenvalue weighted by molar-refractivity contribution is 7.99. The van der Waals surface area contributed by atoms with Gasteiger partial charge in [-0.15, -0.1) is 21.5 Å². The molecule has 7 nitrogen and oxygen atoms in total. The van der Waals surface area contributed by atoms with Crippen LogP contribution >= 0.6 is 23.1 Å². The molecule has 0 unspecified atom stereocenters. The van der Waals surface area contributed by atoms with Crippen molar-refractivity contribution in [2.45, 2.75) is 44.1 Å². The van der Waals surface area contributed by atoms with Crippen LogP contribution in [0.15, 0.2) is 41.8 Å². The number of fused-ring (bicyclic) bond motifs is 8. The summed E-state index contributed by atoms with van der Waals surface area (Å²) >= 11 is 3.49. The third-order valence-electron chi connectivity index (χ3n) is 5.51. The monoisotopic (exact) mass is 436 g/mol. The van der Waals surface area contributed by atoms with Gasteiger partial charge in [0.05, 0.1) is 17.6 Å². The lowest BCUT2D eigenvalue weighted by Gasteiger charge is -2.30. The standard InChI is InChI=1S/C21H20N6OS2/c1-21(2)10-14-15(11-28-21)30-18-16(14)17-22-12-23-27(17)19-24-25-20(26(18)19)29-9-8-13-6-4-3-5-7-13/h3-7,12H,8-11H2,1-2H3. The zero-order valence-electron chi connectivity index (χ0n) is 16.7. The second kappa shape index (κ2) is 6.76. The summed E-state index contributed by atoms with van der Waals surface area (Å²) in [6, 6.07) is 10.5. The normalized spacial score (nSPS) is 15.9. The first-order chi connectivity index (χ1) is 14.6. The van der Waals surface area contributed by atoms with E-state index in [1.165, 1.54) is 16.0 Å². The van der Waals surface area contributed by atoms with E-state index in [1.807, 2.05) is 10.6 Å².